The first-order chi connectivity index (χ1) is 11.4. The molecule has 24 heavy (non-hydrogen) atoms. The van der Waals surface area contributed by atoms with E-state index in [-0.39, 0.29) is 4.90 Å². The van der Waals surface area contributed by atoms with Crippen molar-refractivity contribution in [3.63, 3.8) is 0 Å². The minimum Gasteiger partial charge on any atom is -0.478 e. The zero-order valence-corrected chi connectivity index (χ0v) is 13.7. The van der Waals surface area contributed by atoms with Gasteiger partial charge in [0.25, 0.3) is 10.0 Å². The molecule has 1 heterocycles. The lowest BCUT2D eigenvalue weighted by atomic mass is 10.1. The molecule has 6 heteroatoms. The van der Waals surface area contributed by atoms with E-state index < -0.39 is 16.0 Å². The minimum atomic E-state index is -3.67. The molecular formula is C18H15NO4S. The molecule has 3 rings (SSSR count). The Balaban J connectivity index is 2.07. The molecule has 5 nitrogen and oxygen atoms in total. The molecule has 0 radical (unpaired) electrons. The van der Waals surface area contributed by atoms with Crippen LogP contribution in [0.15, 0.2) is 65.7 Å². The molecule has 0 aliphatic carbocycles. The molecule has 122 valence electrons. The van der Waals surface area contributed by atoms with Gasteiger partial charge in [0.1, 0.15) is 0 Å². The molecule has 0 saturated carbocycles. The molecule has 0 atom stereocenters. The first kappa shape index (κ1) is 16.0. The number of carboxylic acids is 1. The molecule has 2 aromatic carbocycles. The van der Waals surface area contributed by atoms with E-state index in [1.165, 1.54) is 16.2 Å². The maximum atomic E-state index is 12.8. The number of hydrogen-bond acceptors (Lipinski definition) is 3. The number of aromatic nitrogens is 1. The van der Waals surface area contributed by atoms with Crippen molar-refractivity contribution in [1.82, 2.24) is 3.97 Å². The van der Waals surface area contributed by atoms with Crippen molar-refractivity contribution in [2.45, 2.75) is 11.8 Å². The van der Waals surface area contributed by atoms with Gasteiger partial charge in [0.15, 0.2) is 0 Å². The third-order valence-electron chi connectivity index (χ3n) is 3.67. The monoisotopic (exact) mass is 341 g/mol. The van der Waals surface area contributed by atoms with E-state index in [4.69, 9.17) is 5.11 Å². The highest BCUT2D eigenvalue weighted by Gasteiger charge is 2.18. The van der Waals surface area contributed by atoms with Crippen LogP contribution in [0.25, 0.3) is 17.0 Å². The van der Waals surface area contributed by atoms with E-state index in [0.29, 0.717) is 11.1 Å². The van der Waals surface area contributed by atoms with Crippen molar-refractivity contribution in [3.05, 3.63) is 71.9 Å². The van der Waals surface area contributed by atoms with Crippen molar-refractivity contribution in [2.75, 3.05) is 0 Å². The summed E-state index contributed by atoms with van der Waals surface area (Å²) in [5.41, 5.74) is 2.22. The minimum absolute atomic E-state index is 0.223. The molecule has 0 amide bonds. The topological polar surface area (TPSA) is 76.4 Å². The van der Waals surface area contributed by atoms with Crippen LogP contribution in [-0.2, 0) is 14.8 Å². The average Bonchev–Trinajstić information content (AvgIpc) is 2.97. The Labute approximate surface area is 139 Å². The van der Waals surface area contributed by atoms with Crippen LogP contribution in [0.5, 0.6) is 0 Å². The smallest absolute Gasteiger partial charge is 0.328 e. The molecule has 1 N–H and O–H groups in total. The number of carboxylic acid groups (broad SMARTS) is 1. The van der Waals surface area contributed by atoms with Gasteiger partial charge < -0.3 is 5.11 Å². The molecule has 0 unspecified atom stereocenters. The van der Waals surface area contributed by atoms with Crippen molar-refractivity contribution >= 4 is 33.0 Å². The van der Waals surface area contributed by atoms with Gasteiger partial charge in [-0.2, -0.15) is 0 Å². The van der Waals surface area contributed by atoms with Crippen LogP contribution in [0.1, 0.15) is 11.1 Å². The summed E-state index contributed by atoms with van der Waals surface area (Å²) in [5, 5.41) is 9.39. The molecular weight excluding hydrogens is 326 g/mol. The average molecular weight is 341 g/mol. The van der Waals surface area contributed by atoms with Crippen LogP contribution in [0.3, 0.4) is 0 Å². The summed E-state index contributed by atoms with van der Waals surface area (Å²) in [4.78, 5) is 10.8. The van der Waals surface area contributed by atoms with Gasteiger partial charge in [0, 0.05) is 17.7 Å². The van der Waals surface area contributed by atoms with Gasteiger partial charge in [-0.3, -0.25) is 0 Å². The zero-order chi connectivity index (χ0) is 17.3. The van der Waals surface area contributed by atoms with E-state index >= 15 is 0 Å². The first-order valence-electron chi connectivity index (χ1n) is 7.22. The second kappa shape index (κ2) is 5.98. The highest BCUT2D eigenvalue weighted by Crippen LogP contribution is 2.24. The van der Waals surface area contributed by atoms with E-state index in [1.807, 2.05) is 6.92 Å². The Hall–Kier alpha value is -2.86. The van der Waals surface area contributed by atoms with E-state index in [2.05, 4.69) is 0 Å². The Morgan fingerprint density at radius 3 is 2.46 bits per heavy atom. The van der Waals surface area contributed by atoms with Gasteiger partial charge in [-0.25, -0.2) is 17.2 Å². The summed E-state index contributed by atoms with van der Waals surface area (Å²) in [5.74, 6) is -1.03. The van der Waals surface area contributed by atoms with Gasteiger partial charge >= 0.3 is 5.97 Å². The van der Waals surface area contributed by atoms with Gasteiger partial charge in [-0.05, 0) is 48.9 Å². The van der Waals surface area contributed by atoms with E-state index in [1.54, 1.807) is 48.5 Å². The predicted molar refractivity (Wildman–Crippen MR) is 92.4 cm³/mol. The number of rotatable bonds is 4. The van der Waals surface area contributed by atoms with Crippen molar-refractivity contribution in [1.29, 1.82) is 0 Å². The fraction of sp³-hybridized carbons (Fsp3) is 0.0556. The van der Waals surface area contributed by atoms with Crippen molar-refractivity contribution in [2.24, 2.45) is 0 Å². The molecule has 0 aliphatic heterocycles. The number of carbonyl (C=O) groups is 1. The fourth-order valence-electron chi connectivity index (χ4n) is 2.44. The van der Waals surface area contributed by atoms with E-state index in [0.717, 1.165) is 17.0 Å². The van der Waals surface area contributed by atoms with Crippen LogP contribution in [0, 0.1) is 6.92 Å². The van der Waals surface area contributed by atoms with Crippen LogP contribution in [0.2, 0.25) is 0 Å². The van der Waals surface area contributed by atoms with Crippen LogP contribution in [0.4, 0.5) is 0 Å². The largest absolute Gasteiger partial charge is 0.478 e. The molecule has 0 aliphatic rings. The lowest BCUT2D eigenvalue weighted by molar-refractivity contribution is -0.131. The molecule has 0 spiro atoms. The zero-order valence-electron chi connectivity index (χ0n) is 12.9. The number of nitrogens with zero attached hydrogens (tertiary/aromatic N) is 1. The predicted octanol–water partition coefficient (Wildman–Crippen LogP) is 3.28. The lowest BCUT2D eigenvalue weighted by Gasteiger charge is -2.08. The molecule has 3 aromatic rings. The Morgan fingerprint density at radius 2 is 1.79 bits per heavy atom. The number of hydrogen-bond donors (Lipinski definition) is 1. The van der Waals surface area contributed by atoms with Crippen LogP contribution in [-0.4, -0.2) is 23.5 Å². The van der Waals surface area contributed by atoms with Gasteiger partial charge in [0.2, 0.25) is 0 Å². The summed E-state index contributed by atoms with van der Waals surface area (Å²) in [6.45, 7) is 1.90. The van der Waals surface area contributed by atoms with E-state index in [9.17, 15) is 13.2 Å². The number of aryl methyl sites for hydroxylation is 1. The highest BCUT2D eigenvalue weighted by molar-refractivity contribution is 7.90. The van der Waals surface area contributed by atoms with Gasteiger partial charge in [0.05, 0.1) is 10.4 Å². The Kier molecular flexibility index (Phi) is 3.99. The highest BCUT2D eigenvalue weighted by atomic mass is 32.2. The first-order valence-corrected chi connectivity index (χ1v) is 8.66. The Bertz CT molecular complexity index is 1040. The standard InChI is InChI=1S/C18H15NO4S/c1-13-2-6-16(7-3-13)24(22,23)19-11-10-15-12-14(4-8-17(15)19)5-9-18(20)21/h2-12H,1H3,(H,20,21)/b9-5+. The van der Waals surface area contributed by atoms with Crippen LogP contribution >= 0.6 is 0 Å². The van der Waals surface area contributed by atoms with Crippen molar-refractivity contribution < 1.29 is 18.3 Å². The molecule has 1 aromatic heterocycles. The number of aliphatic carboxylic acids is 1. The number of benzene rings is 2. The van der Waals surface area contributed by atoms with Crippen molar-refractivity contribution in [3.8, 4) is 0 Å². The summed E-state index contributed by atoms with van der Waals surface area (Å²) < 4.78 is 26.8. The second-order valence-corrected chi connectivity index (χ2v) is 7.23. The summed E-state index contributed by atoms with van der Waals surface area (Å²) in [6.07, 6.45) is 4.01. The quantitative estimate of drug-likeness (QED) is 0.739. The second-order valence-electron chi connectivity index (χ2n) is 5.42. The van der Waals surface area contributed by atoms with Gasteiger partial charge in [-0.1, -0.05) is 23.8 Å². The molecule has 0 bridgehead atoms. The SMILES string of the molecule is Cc1ccc(S(=O)(=O)n2ccc3cc(/C=C/C(=O)O)ccc32)cc1. The third kappa shape index (κ3) is 2.96. The maximum Gasteiger partial charge on any atom is 0.328 e. The molecule has 0 fully saturated rings. The summed E-state index contributed by atoms with van der Waals surface area (Å²) in [6, 6.07) is 13.5. The van der Waals surface area contributed by atoms with Gasteiger partial charge in [-0.15, -0.1) is 0 Å². The van der Waals surface area contributed by atoms with Crippen LogP contribution < -0.4 is 0 Å². The third-order valence-corrected chi connectivity index (χ3v) is 5.38. The lowest BCUT2D eigenvalue weighted by Crippen LogP contribution is -2.11. The normalized spacial score (nSPS) is 12.0. The summed E-state index contributed by atoms with van der Waals surface area (Å²) in [7, 11) is -3.67. The fourth-order valence-corrected chi connectivity index (χ4v) is 3.79. The maximum absolute atomic E-state index is 12.8. The summed E-state index contributed by atoms with van der Waals surface area (Å²) >= 11 is 0. The molecule has 0 saturated heterocycles. The Morgan fingerprint density at radius 1 is 1.08 bits per heavy atom. The number of fused-ring (bicyclic) bond motifs is 1.